The van der Waals surface area contributed by atoms with Gasteiger partial charge in [-0.25, -0.2) is 9.45 Å². The molecule has 0 rings (SSSR count). The van der Waals surface area contributed by atoms with Gasteiger partial charge in [-0.2, -0.15) is 0 Å². The van der Waals surface area contributed by atoms with E-state index in [4.69, 9.17) is 19.2 Å². The molecule has 0 aliphatic carbocycles. The lowest BCUT2D eigenvalue weighted by Gasteiger charge is -2.04. The Balaban J connectivity index is 0. The van der Waals surface area contributed by atoms with E-state index in [1.807, 2.05) is 0 Å². The first-order valence-corrected chi connectivity index (χ1v) is 11.2. The Bertz CT molecular complexity index is 394. The van der Waals surface area contributed by atoms with E-state index in [2.05, 4.69) is 58.9 Å². The normalized spacial score (nSPS) is 11.7. The number of hydrogen-bond acceptors (Lipinski definition) is 10. The molecule has 182 valence electrons. The lowest BCUT2D eigenvalue weighted by molar-refractivity contribution is -0.829. The summed E-state index contributed by atoms with van der Waals surface area (Å²) in [4.78, 5) is 30.5. The van der Waals surface area contributed by atoms with Crippen molar-refractivity contribution in [2.45, 2.75) is 78.6 Å². The molecule has 13 nitrogen and oxygen atoms in total. The maximum absolute atomic E-state index is 8.88. The molecule has 0 saturated heterocycles. The maximum atomic E-state index is 8.88. The molecule has 0 bridgehead atoms. The van der Waals surface area contributed by atoms with Crippen LogP contribution in [0.15, 0.2) is 12.3 Å². The molecular formula is C16H35O13P. The summed E-state index contributed by atoms with van der Waals surface area (Å²) in [7, 11) is -4.64. The van der Waals surface area contributed by atoms with Crippen LogP contribution in [0.1, 0.15) is 78.6 Å². The largest absolute Gasteiger partial charge is 0.466 e. The zero-order chi connectivity index (χ0) is 22.9. The lowest BCUT2D eigenvalue weighted by atomic mass is 10.0. The van der Waals surface area contributed by atoms with E-state index >= 15 is 0 Å². The van der Waals surface area contributed by atoms with Gasteiger partial charge in [0, 0.05) is 20.2 Å². The molecule has 0 radical (unpaired) electrons. The summed E-state index contributed by atoms with van der Waals surface area (Å²) in [6, 6.07) is 0. The van der Waals surface area contributed by atoms with Crippen molar-refractivity contribution in [3.8, 4) is 0 Å². The summed E-state index contributed by atoms with van der Waals surface area (Å²) >= 11 is 0. The van der Waals surface area contributed by atoms with Crippen LogP contribution < -0.4 is 0 Å². The fraction of sp³-hybridized carbons (Fsp3) is 0.875. The zero-order valence-corrected chi connectivity index (χ0v) is 18.6. The molecule has 0 amide bonds. The van der Waals surface area contributed by atoms with Crippen LogP contribution in [0.4, 0.5) is 0 Å². The van der Waals surface area contributed by atoms with Gasteiger partial charge in [0.25, 0.3) is 0 Å². The van der Waals surface area contributed by atoms with Crippen molar-refractivity contribution >= 4 is 7.82 Å². The second kappa shape index (κ2) is 24.6. The topological polar surface area (TPSA) is 161 Å². The highest BCUT2D eigenvalue weighted by Crippen LogP contribution is 2.25. The average molecular weight is 466 g/mol. The van der Waals surface area contributed by atoms with E-state index in [1.165, 1.54) is 51.2 Å². The summed E-state index contributed by atoms with van der Waals surface area (Å²) in [5, 5.41) is 27.6. The van der Waals surface area contributed by atoms with Crippen LogP contribution in [0.2, 0.25) is 0 Å². The molecule has 0 fully saturated rings. The second-order valence-corrected chi connectivity index (χ2v) is 7.41. The number of phosphoric acid groups is 1. The molecular weight excluding hydrogens is 431 g/mol. The number of hydrogen-bond donors (Lipinski definition) is 3. The summed E-state index contributed by atoms with van der Waals surface area (Å²) in [6.07, 6.45) is 13.8. The Morgan fingerprint density at radius 1 is 0.733 bits per heavy atom. The fourth-order valence-electron chi connectivity index (χ4n) is 1.98. The molecule has 0 saturated carbocycles. The minimum Gasteiger partial charge on any atom is -0.314 e. The minimum absolute atomic E-state index is 0.384. The highest BCUT2D eigenvalue weighted by Gasteiger charge is 2.00. The van der Waals surface area contributed by atoms with Crippen LogP contribution in [0.25, 0.3) is 0 Å². The average Bonchev–Trinajstić information content (AvgIpc) is 2.65. The predicted molar refractivity (Wildman–Crippen MR) is 100 cm³/mol. The van der Waals surface area contributed by atoms with Crippen molar-refractivity contribution in [1.29, 1.82) is 0 Å². The molecule has 14 heteroatoms. The molecule has 0 aromatic heterocycles. The Hall–Kier alpha value is -0.670. The smallest absolute Gasteiger partial charge is 0.314 e. The number of allylic oxidation sites excluding steroid dienone is 1. The van der Waals surface area contributed by atoms with Gasteiger partial charge in [0.1, 0.15) is 6.26 Å². The van der Waals surface area contributed by atoms with E-state index in [0.29, 0.717) is 6.61 Å². The van der Waals surface area contributed by atoms with Crippen LogP contribution in [0.3, 0.4) is 0 Å². The standard InChI is InChI=1S/C16H32O9.H3O4P/c1-4-14-17-19-21-23-25-24-22-20-18-15-12-10-8-6-5-7-9-11-13-16(2)3;1-5(2,3)4/h4,14,16H,5-13,15H2,1-3H3;(H3,1,2,3,4). The van der Waals surface area contributed by atoms with E-state index in [1.54, 1.807) is 13.0 Å². The van der Waals surface area contributed by atoms with Gasteiger partial charge < -0.3 is 19.6 Å². The van der Waals surface area contributed by atoms with Crippen LogP contribution in [0.5, 0.6) is 0 Å². The van der Waals surface area contributed by atoms with Crippen molar-refractivity contribution in [1.82, 2.24) is 0 Å². The lowest BCUT2D eigenvalue weighted by Crippen LogP contribution is -2.02. The first-order valence-electron chi connectivity index (χ1n) is 9.61. The van der Waals surface area contributed by atoms with Crippen LogP contribution in [0, 0.1) is 5.92 Å². The van der Waals surface area contributed by atoms with Gasteiger partial charge >= 0.3 is 7.82 Å². The first-order chi connectivity index (χ1) is 14.3. The van der Waals surface area contributed by atoms with Gasteiger partial charge in [0.05, 0.1) is 6.61 Å². The fourth-order valence-corrected chi connectivity index (χ4v) is 1.98. The van der Waals surface area contributed by atoms with Crippen molar-refractivity contribution in [3.05, 3.63) is 12.3 Å². The second-order valence-electron chi connectivity index (χ2n) is 6.39. The Kier molecular flexibility index (Phi) is 25.8. The van der Waals surface area contributed by atoms with Gasteiger partial charge in [0.2, 0.25) is 0 Å². The summed E-state index contributed by atoms with van der Waals surface area (Å²) in [5.41, 5.74) is 0. The third-order valence-electron chi connectivity index (χ3n) is 3.20. The molecule has 0 aliphatic heterocycles. The molecule has 0 aromatic carbocycles. The molecule has 0 unspecified atom stereocenters. The number of unbranched alkanes of at least 4 members (excludes halogenated alkanes) is 7. The third kappa shape index (κ3) is 41.6. The van der Waals surface area contributed by atoms with Crippen molar-refractivity contribution in [2.24, 2.45) is 5.92 Å². The number of rotatable bonds is 20. The maximum Gasteiger partial charge on any atom is 0.466 e. The van der Waals surface area contributed by atoms with Crippen molar-refractivity contribution in [2.75, 3.05) is 6.61 Å². The monoisotopic (exact) mass is 466 g/mol. The van der Waals surface area contributed by atoms with Gasteiger partial charge in [0.15, 0.2) is 0 Å². The van der Waals surface area contributed by atoms with Crippen molar-refractivity contribution < 1.29 is 64.3 Å². The molecule has 30 heavy (non-hydrogen) atoms. The van der Waals surface area contributed by atoms with Gasteiger partial charge in [-0.15, -0.1) is 0 Å². The van der Waals surface area contributed by atoms with Gasteiger partial charge in [-0.05, 0) is 40.5 Å². The Morgan fingerprint density at radius 2 is 1.17 bits per heavy atom. The van der Waals surface area contributed by atoms with E-state index < -0.39 is 7.82 Å². The van der Waals surface area contributed by atoms with E-state index in [9.17, 15) is 0 Å². The van der Waals surface area contributed by atoms with Crippen LogP contribution in [-0.2, 0) is 49.6 Å². The van der Waals surface area contributed by atoms with Crippen LogP contribution in [-0.4, -0.2) is 21.3 Å². The highest BCUT2D eigenvalue weighted by atomic mass is 31.2. The highest BCUT2D eigenvalue weighted by molar-refractivity contribution is 7.45. The van der Waals surface area contributed by atoms with Gasteiger partial charge in [-0.3, -0.25) is 0 Å². The summed E-state index contributed by atoms with van der Waals surface area (Å²) in [5.74, 6) is 0.820. The van der Waals surface area contributed by atoms with E-state index in [0.717, 1.165) is 18.8 Å². The molecule has 0 heterocycles. The predicted octanol–water partition coefficient (Wildman–Crippen LogP) is 4.23. The Labute approximate surface area is 176 Å². The van der Waals surface area contributed by atoms with Crippen molar-refractivity contribution in [3.63, 3.8) is 0 Å². The molecule has 0 aliphatic rings. The quantitative estimate of drug-likeness (QED) is 0.0769. The molecule has 0 spiro atoms. The van der Waals surface area contributed by atoms with E-state index in [-0.39, 0.29) is 0 Å². The summed E-state index contributed by atoms with van der Waals surface area (Å²) in [6.45, 7) is 6.65. The molecule has 0 aromatic rings. The SMILES string of the molecule is CC=COOOOOOOOOCCCCCCCCCCC(C)C.O=P(O)(O)O. The zero-order valence-electron chi connectivity index (χ0n) is 17.7. The molecule has 0 atom stereocenters. The first kappa shape index (κ1) is 31.5. The Morgan fingerprint density at radius 3 is 1.67 bits per heavy atom. The molecule has 3 N–H and O–H groups in total. The van der Waals surface area contributed by atoms with Crippen LogP contribution >= 0.6 is 7.82 Å². The minimum atomic E-state index is -4.64. The summed E-state index contributed by atoms with van der Waals surface area (Å²) < 4.78 is 8.88. The van der Waals surface area contributed by atoms with Gasteiger partial charge in [-0.1, -0.05) is 65.2 Å². The third-order valence-corrected chi connectivity index (χ3v) is 3.20.